The van der Waals surface area contributed by atoms with Crippen LogP contribution in [0.25, 0.3) is 10.4 Å². The molecule has 1 saturated heterocycles. The Hall–Kier alpha value is -1.68. The molecule has 4 rings (SSSR count). The maximum atomic E-state index is 13.3. The number of methoxy groups -OCH3 is 1. The van der Waals surface area contributed by atoms with Gasteiger partial charge in [0.2, 0.25) is 0 Å². The highest BCUT2D eigenvalue weighted by atomic mass is 35.5. The van der Waals surface area contributed by atoms with Crippen LogP contribution in [0.3, 0.4) is 0 Å². The maximum absolute atomic E-state index is 13.3. The summed E-state index contributed by atoms with van der Waals surface area (Å²) in [6.45, 7) is 2.49. The van der Waals surface area contributed by atoms with E-state index in [0.29, 0.717) is 41.7 Å². The SMILES string of the molecule is COc1cncc(-c2cc(Cl)c(C3(C)CS(=O)(=O)C4(CCOCC4)C(N)=N3)s2)c1. The average Bonchev–Trinajstić information content (AvgIpc) is 3.09. The third-order valence-corrected chi connectivity index (χ3v) is 10.2. The molecule has 2 aromatic rings. The van der Waals surface area contributed by atoms with Crippen LogP contribution in [0.5, 0.6) is 5.75 Å². The monoisotopic (exact) mass is 455 g/mol. The van der Waals surface area contributed by atoms with Gasteiger partial charge in [-0.05, 0) is 31.9 Å². The summed E-state index contributed by atoms with van der Waals surface area (Å²) in [5.41, 5.74) is 6.08. The van der Waals surface area contributed by atoms with E-state index in [9.17, 15) is 8.42 Å². The lowest BCUT2D eigenvalue weighted by atomic mass is 9.95. The van der Waals surface area contributed by atoms with E-state index in [-0.39, 0.29) is 11.6 Å². The van der Waals surface area contributed by atoms with Crippen LogP contribution >= 0.6 is 22.9 Å². The molecule has 2 aliphatic heterocycles. The highest BCUT2D eigenvalue weighted by Crippen LogP contribution is 2.47. The van der Waals surface area contributed by atoms with E-state index in [1.165, 1.54) is 11.3 Å². The maximum Gasteiger partial charge on any atom is 0.166 e. The molecule has 7 nitrogen and oxygen atoms in total. The van der Waals surface area contributed by atoms with Crippen molar-refractivity contribution in [2.45, 2.75) is 30.1 Å². The molecule has 0 bridgehead atoms. The van der Waals surface area contributed by atoms with Crippen LogP contribution in [0.1, 0.15) is 24.6 Å². The largest absolute Gasteiger partial charge is 0.495 e. The molecule has 1 unspecified atom stereocenters. The van der Waals surface area contributed by atoms with E-state index in [1.807, 2.05) is 6.07 Å². The van der Waals surface area contributed by atoms with E-state index >= 15 is 0 Å². The molecule has 0 aromatic carbocycles. The highest BCUT2D eigenvalue weighted by Gasteiger charge is 2.55. The minimum absolute atomic E-state index is 0.142. The van der Waals surface area contributed by atoms with Crippen molar-refractivity contribution in [3.8, 4) is 16.2 Å². The topological polar surface area (TPSA) is 104 Å². The van der Waals surface area contributed by atoms with Gasteiger partial charge in [-0.2, -0.15) is 0 Å². The molecule has 2 aliphatic rings. The number of rotatable bonds is 3. The molecule has 0 radical (unpaired) electrons. The summed E-state index contributed by atoms with van der Waals surface area (Å²) in [6, 6.07) is 3.66. The van der Waals surface area contributed by atoms with Crippen LogP contribution in [-0.4, -0.2) is 50.1 Å². The van der Waals surface area contributed by atoms with Gasteiger partial charge < -0.3 is 15.2 Å². The number of sulfone groups is 1. The van der Waals surface area contributed by atoms with Gasteiger partial charge in [0.15, 0.2) is 9.84 Å². The molecule has 4 heterocycles. The number of aliphatic imine (C=N–C) groups is 1. The second-order valence-corrected chi connectivity index (χ2v) is 11.3. The minimum Gasteiger partial charge on any atom is -0.495 e. The molecule has 1 atom stereocenters. The van der Waals surface area contributed by atoms with Crippen LogP contribution in [0, 0.1) is 0 Å². The van der Waals surface area contributed by atoms with Crippen molar-refractivity contribution in [3.05, 3.63) is 34.4 Å². The molecule has 0 aliphatic carbocycles. The second kappa shape index (κ2) is 7.23. The second-order valence-electron chi connectivity index (χ2n) is 7.54. The molecule has 0 amide bonds. The number of hydrogen-bond donors (Lipinski definition) is 1. The molecule has 2 aromatic heterocycles. The number of nitrogens with two attached hydrogens (primary N) is 1. The summed E-state index contributed by atoms with van der Waals surface area (Å²) in [4.78, 5) is 10.4. The Bertz CT molecular complexity index is 1080. The van der Waals surface area contributed by atoms with Crippen molar-refractivity contribution in [1.82, 2.24) is 4.98 Å². The highest BCUT2D eigenvalue weighted by molar-refractivity contribution is 7.93. The number of amidine groups is 1. The predicted octanol–water partition coefficient (Wildman–Crippen LogP) is 3.02. The van der Waals surface area contributed by atoms with Crippen molar-refractivity contribution < 1.29 is 17.9 Å². The molecule has 1 spiro atoms. The van der Waals surface area contributed by atoms with Crippen LogP contribution < -0.4 is 10.5 Å². The van der Waals surface area contributed by atoms with Gasteiger partial charge >= 0.3 is 0 Å². The number of ether oxygens (including phenoxy) is 2. The molecule has 29 heavy (non-hydrogen) atoms. The Morgan fingerprint density at radius 1 is 1.28 bits per heavy atom. The number of aromatic nitrogens is 1. The Labute approximate surface area is 178 Å². The Morgan fingerprint density at radius 3 is 2.66 bits per heavy atom. The molecule has 156 valence electrons. The van der Waals surface area contributed by atoms with Gasteiger partial charge in [-0.25, -0.2) is 8.42 Å². The lowest BCUT2D eigenvalue weighted by molar-refractivity contribution is 0.0875. The van der Waals surface area contributed by atoms with Gasteiger partial charge in [-0.1, -0.05) is 11.6 Å². The first-order valence-corrected chi connectivity index (χ1v) is 12.0. The van der Waals surface area contributed by atoms with Gasteiger partial charge in [0.1, 0.15) is 21.9 Å². The third-order valence-electron chi connectivity index (χ3n) is 5.61. The fourth-order valence-corrected chi connectivity index (χ4v) is 8.08. The van der Waals surface area contributed by atoms with Gasteiger partial charge in [0, 0.05) is 29.9 Å². The van der Waals surface area contributed by atoms with Crippen LogP contribution in [0.4, 0.5) is 0 Å². The normalized spacial score (nSPS) is 25.6. The number of pyridine rings is 1. The zero-order chi connectivity index (χ0) is 20.9. The molecular formula is C19H22ClN3O4S2. The number of thiophene rings is 1. The molecule has 2 N–H and O–H groups in total. The summed E-state index contributed by atoms with van der Waals surface area (Å²) in [6.07, 6.45) is 4.00. The van der Waals surface area contributed by atoms with Crippen molar-refractivity contribution >= 4 is 38.6 Å². The van der Waals surface area contributed by atoms with Crippen molar-refractivity contribution in [3.63, 3.8) is 0 Å². The average molecular weight is 456 g/mol. The smallest absolute Gasteiger partial charge is 0.166 e. The van der Waals surface area contributed by atoms with E-state index in [0.717, 1.165) is 10.4 Å². The van der Waals surface area contributed by atoms with Crippen molar-refractivity contribution in [2.24, 2.45) is 10.7 Å². The zero-order valence-electron chi connectivity index (χ0n) is 16.1. The van der Waals surface area contributed by atoms with Crippen molar-refractivity contribution in [2.75, 3.05) is 26.1 Å². The Balaban J connectivity index is 1.78. The van der Waals surface area contributed by atoms with E-state index in [4.69, 9.17) is 31.8 Å². The molecule has 1 fully saturated rings. The van der Waals surface area contributed by atoms with E-state index < -0.39 is 20.1 Å². The van der Waals surface area contributed by atoms with Crippen LogP contribution in [-0.2, 0) is 20.1 Å². The molecule has 10 heteroatoms. The van der Waals surface area contributed by atoms with Crippen molar-refractivity contribution in [1.29, 1.82) is 0 Å². The van der Waals surface area contributed by atoms with Crippen LogP contribution in [0.2, 0.25) is 5.02 Å². The fourth-order valence-electron chi connectivity index (χ4n) is 4.00. The summed E-state index contributed by atoms with van der Waals surface area (Å²) in [5.74, 6) is 0.642. The lowest BCUT2D eigenvalue weighted by Crippen LogP contribution is -2.60. The summed E-state index contributed by atoms with van der Waals surface area (Å²) in [7, 11) is -1.98. The molecule has 0 saturated carbocycles. The molecular weight excluding hydrogens is 434 g/mol. The summed E-state index contributed by atoms with van der Waals surface area (Å²) < 4.78 is 36.2. The predicted molar refractivity (Wildman–Crippen MR) is 115 cm³/mol. The Kier molecular flexibility index (Phi) is 5.13. The van der Waals surface area contributed by atoms with Gasteiger partial charge in [0.05, 0.1) is 29.0 Å². The number of halogens is 1. The van der Waals surface area contributed by atoms with Gasteiger partial charge in [0.25, 0.3) is 0 Å². The lowest BCUT2D eigenvalue weighted by Gasteiger charge is -2.43. The third kappa shape index (κ3) is 3.34. The summed E-state index contributed by atoms with van der Waals surface area (Å²) >= 11 is 7.94. The van der Waals surface area contributed by atoms with Crippen LogP contribution in [0.15, 0.2) is 29.5 Å². The van der Waals surface area contributed by atoms with Gasteiger partial charge in [-0.15, -0.1) is 11.3 Å². The first-order valence-electron chi connectivity index (χ1n) is 9.16. The first kappa shape index (κ1) is 20.6. The minimum atomic E-state index is -3.55. The summed E-state index contributed by atoms with van der Waals surface area (Å²) in [5, 5.41) is 0.463. The number of nitrogens with zero attached hydrogens (tertiary/aromatic N) is 2. The standard InChI is InChI=1S/C19H22ClN3O4S2/c1-18(11-29(24,25)19(17(21)23-18)3-5-27-6-4-19)16-14(20)8-15(28-16)12-7-13(26-2)10-22-9-12/h7-10H,3-6,11H2,1-2H3,(H2,21,23). The quantitative estimate of drug-likeness (QED) is 0.762. The van der Waals surface area contributed by atoms with Gasteiger partial charge in [-0.3, -0.25) is 9.98 Å². The first-order chi connectivity index (χ1) is 13.7. The van der Waals surface area contributed by atoms with E-state index in [1.54, 1.807) is 32.5 Å². The number of hydrogen-bond acceptors (Lipinski definition) is 8. The zero-order valence-corrected chi connectivity index (χ0v) is 18.5. The fraction of sp³-hybridized carbons (Fsp3) is 0.474. The Morgan fingerprint density at radius 2 is 2.00 bits per heavy atom. The van der Waals surface area contributed by atoms with E-state index in [2.05, 4.69) is 4.98 Å².